The average molecular weight is 304 g/mol. The minimum absolute atomic E-state index is 0.0144. The second-order valence-electron chi connectivity index (χ2n) is 4.58. The minimum atomic E-state index is 0.0144. The van der Waals surface area contributed by atoms with Gasteiger partial charge in [-0.2, -0.15) is 11.8 Å². The van der Waals surface area contributed by atoms with Crippen molar-refractivity contribution in [3.63, 3.8) is 0 Å². The van der Waals surface area contributed by atoms with E-state index >= 15 is 0 Å². The van der Waals surface area contributed by atoms with Crippen LogP contribution in [0.4, 0.5) is 5.82 Å². The van der Waals surface area contributed by atoms with Crippen LogP contribution in [-0.2, 0) is 11.2 Å². The van der Waals surface area contributed by atoms with Gasteiger partial charge < -0.3 is 5.32 Å². The molecule has 5 heteroatoms. The zero-order chi connectivity index (χ0) is 12.3. The third-order valence-electron chi connectivity index (χ3n) is 2.12. The van der Waals surface area contributed by atoms with Crippen LogP contribution in [0.1, 0.15) is 32.3 Å². The zero-order valence-electron chi connectivity index (χ0n) is 10.4. The maximum atomic E-state index is 4.62. The van der Waals surface area contributed by atoms with Crippen molar-refractivity contribution in [2.75, 3.05) is 18.6 Å². The molecule has 0 amide bonds. The van der Waals surface area contributed by atoms with E-state index in [1.807, 2.05) is 7.05 Å². The molecule has 0 atom stereocenters. The Labute approximate surface area is 110 Å². The van der Waals surface area contributed by atoms with E-state index in [9.17, 15) is 0 Å². The number of rotatable bonds is 3. The first kappa shape index (κ1) is 13.8. The molecule has 0 fully saturated rings. The Hall–Kier alpha value is -0.290. The molecule has 16 heavy (non-hydrogen) atoms. The fraction of sp³-hybridized carbons (Fsp3) is 0.636. The van der Waals surface area contributed by atoms with Crippen molar-refractivity contribution >= 4 is 33.5 Å². The second kappa shape index (κ2) is 5.36. The molecule has 1 aromatic rings. The minimum Gasteiger partial charge on any atom is -0.372 e. The number of halogens is 1. The quantitative estimate of drug-likeness (QED) is 0.928. The summed E-state index contributed by atoms with van der Waals surface area (Å²) >= 11 is 5.30. The van der Waals surface area contributed by atoms with E-state index in [0.717, 1.165) is 27.6 Å². The van der Waals surface area contributed by atoms with E-state index in [0.29, 0.717) is 0 Å². The van der Waals surface area contributed by atoms with E-state index in [1.54, 1.807) is 11.8 Å². The maximum Gasteiger partial charge on any atom is 0.144 e. The number of hydrogen-bond donors (Lipinski definition) is 1. The van der Waals surface area contributed by atoms with Crippen molar-refractivity contribution < 1.29 is 0 Å². The largest absolute Gasteiger partial charge is 0.372 e. The molecule has 3 nitrogen and oxygen atoms in total. The molecule has 90 valence electrons. The number of nitrogens with one attached hydrogen (secondary N) is 1. The standard InChI is InChI=1S/C11H18BrN3S/c1-11(2,3)9-8(12)10(13-4)15-7(14-9)6-16-5/h6H2,1-5H3,(H,13,14,15). The number of nitrogens with zero attached hydrogens (tertiary/aromatic N) is 2. The van der Waals surface area contributed by atoms with E-state index in [-0.39, 0.29) is 5.41 Å². The summed E-state index contributed by atoms with van der Waals surface area (Å²) < 4.78 is 0.965. The van der Waals surface area contributed by atoms with Gasteiger partial charge in [0.1, 0.15) is 11.6 Å². The topological polar surface area (TPSA) is 37.8 Å². The summed E-state index contributed by atoms with van der Waals surface area (Å²) in [5.74, 6) is 2.58. The van der Waals surface area contributed by atoms with E-state index < -0.39 is 0 Å². The molecule has 1 N–H and O–H groups in total. The summed E-state index contributed by atoms with van der Waals surface area (Å²) in [4.78, 5) is 9.09. The van der Waals surface area contributed by atoms with Gasteiger partial charge in [-0.05, 0) is 22.2 Å². The number of aromatic nitrogens is 2. The van der Waals surface area contributed by atoms with Crippen molar-refractivity contribution in [2.24, 2.45) is 0 Å². The molecule has 0 aliphatic heterocycles. The highest BCUT2D eigenvalue weighted by atomic mass is 79.9. The van der Waals surface area contributed by atoms with Gasteiger partial charge in [0.05, 0.1) is 15.9 Å². The van der Waals surface area contributed by atoms with E-state index in [4.69, 9.17) is 0 Å². The summed E-state index contributed by atoms with van der Waals surface area (Å²) in [6, 6.07) is 0. The van der Waals surface area contributed by atoms with Crippen LogP contribution >= 0.6 is 27.7 Å². The van der Waals surface area contributed by atoms with Gasteiger partial charge in [-0.3, -0.25) is 0 Å². The first-order chi connectivity index (χ1) is 7.40. The van der Waals surface area contributed by atoms with Crippen LogP contribution in [0.2, 0.25) is 0 Å². The second-order valence-corrected chi connectivity index (χ2v) is 6.24. The number of anilines is 1. The highest BCUT2D eigenvalue weighted by Gasteiger charge is 2.22. The molecule has 0 radical (unpaired) electrons. The smallest absolute Gasteiger partial charge is 0.144 e. The zero-order valence-corrected chi connectivity index (χ0v) is 12.8. The van der Waals surface area contributed by atoms with E-state index in [1.165, 1.54) is 0 Å². The third-order valence-corrected chi connectivity index (χ3v) is 3.42. The summed E-state index contributed by atoms with van der Waals surface area (Å²) in [5.41, 5.74) is 1.07. The van der Waals surface area contributed by atoms with Gasteiger partial charge in [0.15, 0.2) is 0 Å². The van der Waals surface area contributed by atoms with Crippen LogP contribution in [0.5, 0.6) is 0 Å². The third kappa shape index (κ3) is 3.10. The molecule has 1 rings (SSSR count). The Kier molecular flexibility index (Phi) is 4.62. The number of thioether (sulfide) groups is 1. The predicted molar refractivity (Wildman–Crippen MR) is 75.2 cm³/mol. The van der Waals surface area contributed by atoms with Crippen molar-refractivity contribution in [1.82, 2.24) is 9.97 Å². The maximum absolute atomic E-state index is 4.62. The van der Waals surface area contributed by atoms with Crippen molar-refractivity contribution in [2.45, 2.75) is 31.9 Å². The van der Waals surface area contributed by atoms with Gasteiger partial charge in [0, 0.05) is 12.5 Å². The first-order valence-electron chi connectivity index (χ1n) is 5.13. The van der Waals surface area contributed by atoms with Gasteiger partial charge >= 0.3 is 0 Å². The Morgan fingerprint density at radius 1 is 1.31 bits per heavy atom. The molecule has 0 saturated carbocycles. The van der Waals surface area contributed by atoms with E-state index in [2.05, 4.69) is 58.2 Å². The molecule has 0 aliphatic rings. The first-order valence-corrected chi connectivity index (χ1v) is 7.32. The highest BCUT2D eigenvalue weighted by molar-refractivity contribution is 9.10. The van der Waals surface area contributed by atoms with Gasteiger partial charge in [0.25, 0.3) is 0 Å². The lowest BCUT2D eigenvalue weighted by Crippen LogP contribution is -2.17. The van der Waals surface area contributed by atoms with Gasteiger partial charge in [-0.15, -0.1) is 0 Å². The molecular formula is C11H18BrN3S. The molecular weight excluding hydrogens is 286 g/mol. The normalized spacial score (nSPS) is 11.6. The van der Waals surface area contributed by atoms with Gasteiger partial charge in [0.2, 0.25) is 0 Å². The Morgan fingerprint density at radius 2 is 1.94 bits per heavy atom. The van der Waals surface area contributed by atoms with Gasteiger partial charge in [-0.25, -0.2) is 9.97 Å². The SMILES string of the molecule is CNc1nc(CSC)nc(C(C)(C)C)c1Br. The molecule has 0 aromatic carbocycles. The van der Waals surface area contributed by atoms with Crippen LogP contribution in [0.25, 0.3) is 0 Å². The molecule has 0 saturated heterocycles. The van der Waals surface area contributed by atoms with Crippen LogP contribution in [0.3, 0.4) is 0 Å². The summed E-state index contributed by atoms with van der Waals surface area (Å²) in [7, 11) is 1.88. The fourth-order valence-electron chi connectivity index (χ4n) is 1.35. The summed E-state index contributed by atoms with van der Waals surface area (Å²) in [5, 5.41) is 3.10. The molecule has 0 spiro atoms. The van der Waals surface area contributed by atoms with Crippen molar-refractivity contribution in [3.8, 4) is 0 Å². The highest BCUT2D eigenvalue weighted by Crippen LogP contribution is 2.32. The predicted octanol–water partition coefficient (Wildman–Crippen LogP) is 3.44. The Morgan fingerprint density at radius 3 is 2.38 bits per heavy atom. The van der Waals surface area contributed by atoms with Crippen molar-refractivity contribution in [1.29, 1.82) is 0 Å². The lowest BCUT2D eigenvalue weighted by Gasteiger charge is -2.21. The van der Waals surface area contributed by atoms with Crippen LogP contribution < -0.4 is 5.32 Å². The van der Waals surface area contributed by atoms with Crippen LogP contribution in [0, 0.1) is 0 Å². The van der Waals surface area contributed by atoms with Crippen LogP contribution in [0.15, 0.2) is 4.47 Å². The Bertz CT molecular complexity index is 374. The summed E-state index contributed by atoms with van der Waals surface area (Å²) in [6.45, 7) is 6.47. The molecule has 1 aromatic heterocycles. The summed E-state index contributed by atoms with van der Waals surface area (Å²) in [6.07, 6.45) is 2.06. The molecule has 0 unspecified atom stereocenters. The monoisotopic (exact) mass is 303 g/mol. The lowest BCUT2D eigenvalue weighted by atomic mass is 9.92. The lowest BCUT2D eigenvalue weighted by molar-refractivity contribution is 0.560. The fourth-order valence-corrected chi connectivity index (χ4v) is 2.71. The Balaban J connectivity index is 3.30. The van der Waals surface area contributed by atoms with Crippen molar-refractivity contribution in [3.05, 3.63) is 16.0 Å². The molecule has 0 bridgehead atoms. The van der Waals surface area contributed by atoms with Gasteiger partial charge in [-0.1, -0.05) is 20.8 Å². The average Bonchev–Trinajstić information content (AvgIpc) is 2.19. The number of hydrogen-bond acceptors (Lipinski definition) is 4. The molecule has 1 heterocycles. The van der Waals surface area contributed by atoms with Crippen LogP contribution in [-0.4, -0.2) is 23.3 Å². The molecule has 0 aliphatic carbocycles.